The minimum Gasteiger partial charge on any atom is -0.296 e. The molecule has 1 amide bonds. The van der Waals surface area contributed by atoms with Crippen LogP contribution in [0.25, 0.3) is 5.82 Å². The Morgan fingerprint density at radius 1 is 1.25 bits per heavy atom. The van der Waals surface area contributed by atoms with Crippen LogP contribution >= 0.6 is 11.3 Å². The monoisotopic (exact) mass is 342 g/mol. The van der Waals surface area contributed by atoms with Crippen LogP contribution in [0.4, 0.5) is 5.13 Å². The first-order valence-corrected chi connectivity index (χ1v) is 8.40. The fourth-order valence-electron chi connectivity index (χ4n) is 2.19. The van der Waals surface area contributed by atoms with Gasteiger partial charge in [0.2, 0.25) is 5.13 Å². The molecular formula is C16H18N6OS. The van der Waals surface area contributed by atoms with Crippen LogP contribution < -0.4 is 5.32 Å². The molecule has 3 aromatic heterocycles. The number of hydrogen-bond donors (Lipinski definition) is 1. The molecule has 3 heterocycles. The van der Waals surface area contributed by atoms with Crippen LogP contribution in [-0.4, -0.2) is 30.9 Å². The lowest BCUT2D eigenvalue weighted by Gasteiger charge is -2.05. The van der Waals surface area contributed by atoms with E-state index in [9.17, 15) is 4.79 Å². The zero-order valence-corrected chi connectivity index (χ0v) is 14.8. The van der Waals surface area contributed by atoms with E-state index in [2.05, 4.69) is 25.6 Å². The number of nitrogens with one attached hydrogen (secondary N) is 1. The summed E-state index contributed by atoms with van der Waals surface area (Å²) in [6, 6.07) is 5.47. The average Bonchev–Trinajstić information content (AvgIpc) is 3.14. The van der Waals surface area contributed by atoms with Crippen molar-refractivity contribution < 1.29 is 4.79 Å². The molecule has 0 saturated heterocycles. The maximum absolute atomic E-state index is 12.3. The number of anilines is 1. The second kappa shape index (κ2) is 6.48. The highest BCUT2D eigenvalue weighted by Gasteiger charge is 2.13. The number of rotatable bonds is 4. The van der Waals surface area contributed by atoms with Crippen molar-refractivity contribution in [3.05, 3.63) is 46.4 Å². The molecule has 0 aliphatic rings. The lowest BCUT2D eigenvalue weighted by molar-refractivity contribution is 0.102. The standard InChI is InChI=1S/C16H18N6OS/c1-9(2)15-19-20-16(24-15)18-14(23)12-5-6-13(17-8-12)22-11(4)7-10(3)21-22/h5-9H,1-4H3,(H,18,20,23). The highest BCUT2D eigenvalue weighted by Crippen LogP contribution is 2.22. The number of hydrogen-bond acceptors (Lipinski definition) is 6. The van der Waals surface area contributed by atoms with Crippen molar-refractivity contribution in [2.75, 3.05) is 5.32 Å². The lowest BCUT2D eigenvalue weighted by atomic mass is 10.2. The molecule has 0 spiro atoms. The van der Waals surface area contributed by atoms with Crippen molar-refractivity contribution in [1.82, 2.24) is 25.0 Å². The average molecular weight is 342 g/mol. The van der Waals surface area contributed by atoms with Crippen molar-refractivity contribution in [3.63, 3.8) is 0 Å². The van der Waals surface area contributed by atoms with E-state index in [1.807, 2.05) is 33.8 Å². The van der Waals surface area contributed by atoms with Gasteiger partial charge in [-0.3, -0.25) is 10.1 Å². The zero-order valence-electron chi connectivity index (χ0n) is 13.9. The Balaban J connectivity index is 1.75. The number of aromatic nitrogens is 5. The van der Waals surface area contributed by atoms with Gasteiger partial charge in [-0.25, -0.2) is 9.67 Å². The van der Waals surface area contributed by atoms with Gasteiger partial charge in [-0.05, 0) is 32.0 Å². The first-order chi connectivity index (χ1) is 11.4. The van der Waals surface area contributed by atoms with Crippen molar-refractivity contribution in [3.8, 4) is 5.82 Å². The third-order valence-electron chi connectivity index (χ3n) is 3.39. The van der Waals surface area contributed by atoms with Gasteiger partial charge in [0, 0.05) is 17.8 Å². The predicted molar refractivity (Wildman–Crippen MR) is 92.8 cm³/mol. The van der Waals surface area contributed by atoms with E-state index in [0.717, 1.165) is 16.4 Å². The van der Waals surface area contributed by atoms with Gasteiger partial charge in [-0.1, -0.05) is 25.2 Å². The Hall–Kier alpha value is -2.61. The fraction of sp³-hybridized carbons (Fsp3) is 0.312. The molecule has 0 unspecified atom stereocenters. The van der Waals surface area contributed by atoms with Crippen molar-refractivity contribution >= 4 is 22.4 Å². The quantitative estimate of drug-likeness (QED) is 0.787. The van der Waals surface area contributed by atoms with Gasteiger partial charge in [-0.2, -0.15) is 5.10 Å². The number of pyridine rings is 1. The van der Waals surface area contributed by atoms with Gasteiger partial charge in [-0.15, -0.1) is 10.2 Å². The smallest absolute Gasteiger partial charge is 0.259 e. The molecular weight excluding hydrogens is 324 g/mol. The van der Waals surface area contributed by atoms with Gasteiger partial charge in [0.15, 0.2) is 5.82 Å². The van der Waals surface area contributed by atoms with Gasteiger partial charge in [0.25, 0.3) is 5.91 Å². The first-order valence-electron chi connectivity index (χ1n) is 7.58. The molecule has 3 aromatic rings. The second-order valence-corrected chi connectivity index (χ2v) is 6.81. The summed E-state index contributed by atoms with van der Waals surface area (Å²) in [5.41, 5.74) is 2.38. The first kappa shape index (κ1) is 16.3. The lowest BCUT2D eigenvalue weighted by Crippen LogP contribution is -2.12. The van der Waals surface area contributed by atoms with E-state index in [1.165, 1.54) is 17.5 Å². The Morgan fingerprint density at radius 2 is 2.04 bits per heavy atom. The molecule has 0 saturated carbocycles. The normalized spacial score (nSPS) is 11.0. The maximum atomic E-state index is 12.3. The van der Waals surface area contributed by atoms with Gasteiger partial charge < -0.3 is 0 Å². The second-order valence-electron chi connectivity index (χ2n) is 5.80. The highest BCUT2D eigenvalue weighted by molar-refractivity contribution is 7.15. The molecule has 0 aromatic carbocycles. The van der Waals surface area contributed by atoms with E-state index >= 15 is 0 Å². The Morgan fingerprint density at radius 3 is 2.58 bits per heavy atom. The Bertz CT molecular complexity index is 865. The molecule has 24 heavy (non-hydrogen) atoms. The summed E-state index contributed by atoms with van der Waals surface area (Å²) in [4.78, 5) is 16.6. The third-order valence-corrected chi connectivity index (χ3v) is 4.53. The van der Waals surface area contributed by atoms with E-state index < -0.39 is 0 Å². The molecule has 1 N–H and O–H groups in total. The zero-order chi connectivity index (χ0) is 17.3. The Kier molecular flexibility index (Phi) is 4.39. The predicted octanol–water partition coefficient (Wildman–Crippen LogP) is 3.11. The summed E-state index contributed by atoms with van der Waals surface area (Å²) in [5.74, 6) is 0.707. The van der Waals surface area contributed by atoms with Crippen LogP contribution in [0.3, 0.4) is 0 Å². The molecule has 0 aliphatic carbocycles. The molecule has 8 heteroatoms. The number of carbonyl (C=O) groups is 1. The summed E-state index contributed by atoms with van der Waals surface area (Å²) in [5, 5.41) is 16.6. The van der Waals surface area contributed by atoms with E-state index in [4.69, 9.17) is 0 Å². The summed E-state index contributed by atoms with van der Waals surface area (Å²) >= 11 is 1.38. The third kappa shape index (κ3) is 3.33. The molecule has 124 valence electrons. The van der Waals surface area contributed by atoms with Crippen LogP contribution in [0.1, 0.15) is 46.5 Å². The van der Waals surface area contributed by atoms with Crippen LogP contribution in [0.15, 0.2) is 24.4 Å². The van der Waals surface area contributed by atoms with Gasteiger partial charge in [0.05, 0.1) is 11.3 Å². The molecule has 3 rings (SSSR count). The van der Waals surface area contributed by atoms with E-state index in [1.54, 1.807) is 16.8 Å². The van der Waals surface area contributed by atoms with E-state index in [0.29, 0.717) is 16.5 Å². The number of amides is 1. The van der Waals surface area contributed by atoms with Crippen LogP contribution in [0.2, 0.25) is 0 Å². The van der Waals surface area contributed by atoms with Crippen molar-refractivity contribution in [2.24, 2.45) is 0 Å². The Labute approximate surface area is 143 Å². The van der Waals surface area contributed by atoms with Crippen LogP contribution in [0.5, 0.6) is 0 Å². The molecule has 0 bridgehead atoms. The summed E-state index contributed by atoms with van der Waals surface area (Å²) in [6.07, 6.45) is 1.53. The summed E-state index contributed by atoms with van der Waals surface area (Å²) in [7, 11) is 0. The van der Waals surface area contributed by atoms with Crippen LogP contribution in [0, 0.1) is 13.8 Å². The summed E-state index contributed by atoms with van der Waals surface area (Å²) in [6.45, 7) is 7.96. The largest absolute Gasteiger partial charge is 0.296 e. The molecule has 7 nitrogen and oxygen atoms in total. The number of nitrogens with zero attached hydrogens (tertiary/aromatic N) is 5. The fourth-order valence-corrected chi connectivity index (χ4v) is 2.94. The molecule has 0 atom stereocenters. The van der Waals surface area contributed by atoms with Gasteiger partial charge in [0.1, 0.15) is 5.01 Å². The highest BCUT2D eigenvalue weighted by atomic mass is 32.1. The minimum absolute atomic E-state index is 0.256. The SMILES string of the molecule is Cc1cc(C)n(-c2ccc(C(=O)Nc3nnc(C(C)C)s3)cn2)n1. The molecule has 0 aliphatic heterocycles. The van der Waals surface area contributed by atoms with E-state index in [-0.39, 0.29) is 11.8 Å². The van der Waals surface area contributed by atoms with Crippen molar-refractivity contribution in [2.45, 2.75) is 33.6 Å². The maximum Gasteiger partial charge on any atom is 0.259 e. The molecule has 0 fully saturated rings. The van der Waals surface area contributed by atoms with Crippen molar-refractivity contribution in [1.29, 1.82) is 0 Å². The minimum atomic E-state index is -0.256. The topological polar surface area (TPSA) is 85.6 Å². The number of aryl methyl sites for hydroxylation is 2. The van der Waals surface area contributed by atoms with Crippen LogP contribution in [-0.2, 0) is 0 Å². The van der Waals surface area contributed by atoms with Gasteiger partial charge >= 0.3 is 0 Å². The summed E-state index contributed by atoms with van der Waals surface area (Å²) < 4.78 is 1.75. The number of carbonyl (C=O) groups excluding carboxylic acids is 1. The molecule has 0 radical (unpaired) electrons.